The van der Waals surface area contributed by atoms with Gasteiger partial charge in [-0.2, -0.15) is 0 Å². The first kappa shape index (κ1) is 29.1. The second-order valence-corrected chi connectivity index (χ2v) is 8.22. The molecule has 34 heavy (non-hydrogen) atoms. The van der Waals surface area contributed by atoms with E-state index in [9.17, 15) is 24.3 Å². The van der Waals surface area contributed by atoms with E-state index in [-0.39, 0.29) is 37.3 Å². The number of rotatable bonds is 15. The van der Waals surface area contributed by atoms with Gasteiger partial charge in [0.15, 0.2) is 5.96 Å². The van der Waals surface area contributed by atoms with Crippen LogP contribution in [0.3, 0.4) is 0 Å². The number of amides is 3. The fourth-order valence-electron chi connectivity index (χ4n) is 4.11. The molecule has 1 rings (SSSR count). The van der Waals surface area contributed by atoms with Gasteiger partial charge in [0.25, 0.3) is 0 Å². The maximum atomic E-state index is 13.5. The van der Waals surface area contributed by atoms with Gasteiger partial charge in [-0.15, -0.1) is 0 Å². The van der Waals surface area contributed by atoms with Gasteiger partial charge in [0.1, 0.15) is 18.1 Å². The molecule has 194 valence electrons. The number of carboxylic acid groups (broad SMARTS) is 1. The zero-order valence-electron chi connectivity index (χ0n) is 19.9. The molecule has 1 fully saturated rings. The van der Waals surface area contributed by atoms with Crippen molar-refractivity contribution >= 4 is 29.7 Å². The fourth-order valence-corrected chi connectivity index (χ4v) is 4.11. The van der Waals surface area contributed by atoms with Crippen molar-refractivity contribution < 1.29 is 24.3 Å². The molecule has 0 bridgehead atoms. The first-order chi connectivity index (χ1) is 16.2. The highest BCUT2D eigenvalue weighted by Crippen LogP contribution is 2.22. The molecule has 1 aliphatic heterocycles. The van der Waals surface area contributed by atoms with Crippen molar-refractivity contribution in [1.82, 2.24) is 15.1 Å². The lowest BCUT2D eigenvalue weighted by atomic mass is 10.0. The van der Waals surface area contributed by atoms with Crippen molar-refractivity contribution in [2.45, 2.75) is 70.0 Å². The van der Waals surface area contributed by atoms with Crippen LogP contribution in [0.2, 0.25) is 0 Å². The Kier molecular flexibility index (Phi) is 12.9. The highest BCUT2D eigenvalue weighted by molar-refractivity contribution is 5.94. The zero-order chi connectivity index (χ0) is 25.7. The fraction of sp³-hybridized carbons (Fsp3) is 0.762. The van der Waals surface area contributed by atoms with E-state index in [0.29, 0.717) is 58.2 Å². The van der Waals surface area contributed by atoms with E-state index in [4.69, 9.17) is 22.9 Å². The molecule has 10 N–H and O–H groups in total. The highest BCUT2D eigenvalue weighted by atomic mass is 16.4. The molecule has 1 aliphatic rings. The Morgan fingerprint density at radius 2 is 1.85 bits per heavy atom. The van der Waals surface area contributed by atoms with E-state index in [2.05, 4.69) is 10.3 Å². The molecular weight excluding hydrogens is 444 g/mol. The summed E-state index contributed by atoms with van der Waals surface area (Å²) in [5.41, 5.74) is 21.7. The van der Waals surface area contributed by atoms with Gasteiger partial charge < -0.3 is 43.2 Å². The summed E-state index contributed by atoms with van der Waals surface area (Å²) in [6.45, 7) is 2.90. The average molecular weight is 485 g/mol. The molecule has 3 unspecified atom stereocenters. The predicted molar refractivity (Wildman–Crippen MR) is 127 cm³/mol. The van der Waals surface area contributed by atoms with Gasteiger partial charge in [-0.25, -0.2) is 4.79 Å². The van der Waals surface area contributed by atoms with Crippen molar-refractivity contribution in [3.05, 3.63) is 0 Å². The Hall–Kier alpha value is -2.93. The van der Waals surface area contributed by atoms with Crippen molar-refractivity contribution in [2.24, 2.45) is 27.9 Å². The third-order valence-electron chi connectivity index (χ3n) is 5.83. The topological polar surface area (TPSA) is 223 Å². The van der Waals surface area contributed by atoms with Gasteiger partial charge in [0.05, 0.1) is 6.54 Å². The molecule has 1 saturated heterocycles. The number of carboxylic acids is 1. The maximum Gasteiger partial charge on any atom is 0.326 e. The number of aliphatic carboxylic acids is 1. The number of carbonyl (C=O) groups excluding carboxylic acids is 3. The van der Waals surface area contributed by atoms with E-state index < -0.39 is 30.0 Å². The lowest BCUT2D eigenvalue weighted by Gasteiger charge is -2.35. The van der Waals surface area contributed by atoms with Crippen LogP contribution in [0.25, 0.3) is 0 Å². The van der Waals surface area contributed by atoms with Crippen LogP contribution >= 0.6 is 0 Å². The smallest absolute Gasteiger partial charge is 0.326 e. The molecule has 13 heteroatoms. The maximum absolute atomic E-state index is 13.5. The first-order valence-corrected chi connectivity index (χ1v) is 11.8. The summed E-state index contributed by atoms with van der Waals surface area (Å²) in [5, 5.41) is 12.0. The Labute approximate surface area is 200 Å². The Balaban J connectivity index is 2.95. The van der Waals surface area contributed by atoms with Crippen molar-refractivity contribution in [3.63, 3.8) is 0 Å². The molecule has 0 spiro atoms. The molecule has 1 heterocycles. The highest BCUT2D eigenvalue weighted by Gasteiger charge is 2.40. The van der Waals surface area contributed by atoms with Crippen LogP contribution in [0.1, 0.15) is 51.9 Å². The normalized spacial score (nSPS) is 17.0. The molecule has 3 amide bonds. The molecule has 0 aliphatic carbocycles. The van der Waals surface area contributed by atoms with E-state index >= 15 is 0 Å². The van der Waals surface area contributed by atoms with Crippen LogP contribution in [0, 0.1) is 0 Å². The average Bonchev–Trinajstić information content (AvgIpc) is 3.29. The summed E-state index contributed by atoms with van der Waals surface area (Å²) in [6.07, 6.45) is 3.24. The predicted octanol–water partition coefficient (Wildman–Crippen LogP) is -2.09. The number of nitrogens with zero attached hydrogens (tertiary/aromatic N) is 3. The van der Waals surface area contributed by atoms with E-state index in [1.807, 2.05) is 0 Å². The van der Waals surface area contributed by atoms with Gasteiger partial charge in [-0.1, -0.05) is 0 Å². The Morgan fingerprint density at radius 1 is 1.15 bits per heavy atom. The largest absolute Gasteiger partial charge is 0.480 e. The third kappa shape index (κ3) is 8.78. The van der Waals surface area contributed by atoms with Crippen LogP contribution in [-0.2, 0) is 19.2 Å². The zero-order valence-corrected chi connectivity index (χ0v) is 19.9. The number of aliphatic imine (C=N–C) groups is 1. The quantitative estimate of drug-likeness (QED) is 0.0849. The minimum Gasteiger partial charge on any atom is -0.480 e. The summed E-state index contributed by atoms with van der Waals surface area (Å²) >= 11 is 0. The van der Waals surface area contributed by atoms with Gasteiger partial charge in [-0.05, 0) is 58.4 Å². The lowest BCUT2D eigenvalue weighted by molar-refractivity contribution is -0.149. The molecule has 3 atom stereocenters. The third-order valence-corrected chi connectivity index (χ3v) is 5.83. The number of guanidine groups is 1. The van der Waals surface area contributed by atoms with E-state index in [0.717, 1.165) is 0 Å². The second-order valence-electron chi connectivity index (χ2n) is 8.22. The van der Waals surface area contributed by atoms with Crippen LogP contribution in [0.15, 0.2) is 4.99 Å². The lowest BCUT2D eigenvalue weighted by Crippen LogP contribution is -2.56. The summed E-state index contributed by atoms with van der Waals surface area (Å²) in [4.78, 5) is 57.2. The van der Waals surface area contributed by atoms with Crippen molar-refractivity contribution in [2.75, 3.05) is 32.7 Å². The molecular formula is C21H40N8O5. The van der Waals surface area contributed by atoms with Crippen LogP contribution in [-0.4, -0.2) is 95.4 Å². The minimum atomic E-state index is -1.18. The summed E-state index contributed by atoms with van der Waals surface area (Å²) in [5.74, 6) is -2.49. The Morgan fingerprint density at radius 3 is 2.41 bits per heavy atom. The van der Waals surface area contributed by atoms with Crippen LogP contribution in [0.4, 0.5) is 0 Å². The van der Waals surface area contributed by atoms with Gasteiger partial charge in [0.2, 0.25) is 17.7 Å². The Bertz CT molecular complexity index is 728. The number of likely N-dealkylation sites (N-methyl/N-ethyl adjacent to an activating group) is 1. The van der Waals surface area contributed by atoms with Gasteiger partial charge in [0, 0.05) is 19.6 Å². The number of nitrogens with two attached hydrogens (primary N) is 4. The summed E-state index contributed by atoms with van der Waals surface area (Å²) in [6, 6.07) is -2.70. The summed E-state index contributed by atoms with van der Waals surface area (Å²) in [7, 11) is 0. The van der Waals surface area contributed by atoms with Crippen molar-refractivity contribution in [3.8, 4) is 0 Å². The van der Waals surface area contributed by atoms with Crippen molar-refractivity contribution in [1.29, 1.82) is 0 Å². The van der Waals surface area contributed by atoms with Gasteiger partial charge >= 0.3 is 5.97 Å². The monoisotopic (exact) mass is 484 g/mol. The first-order valence-electron chi connectivity index (χ1n) is 11.8. The summed E-state index contributed by atoms with van der Waals surface area (Å²) < 4.78 is 0. The minimum absolute atomic E-state index is 0.0914. The molecule has 0 radical (unpaired) electrons. The number of hydrogen-bond donors (Lipinski definition) is 6. The number of nitrogens with one attached hydrogen (secondary N) is 1. The number of hydrogen-bond acceptors (Lipinski definition) is 7. The van der Waals surface area contributed by atoms with Crippen LogP contribution < -0.4 is 28.3 Å². The van der Waals surface area contributed by atoms with Gasteiger partial charge in [-0.3, -0.25) is 19.4 Å². The standard InChI is InChI=1S/C21H40N8O5/c1-2-28(17(30)13-23)16(8-3-4-10-22)19(32)29-12-6-9-15(29)18(31)27-14(20(33)34)7-5-11-26-21(24)25/h14-16H,2-13,22-23H2,1H3,(H,27,31)(H,33,34)(H4,24,25,26). The second kappa shape index (κ2) is 15.1. The molecule has 13 nitrogen and oxygen atoms in total. The SMILES string of the molecule is CCN(C(=O)CN)C(CCCCN)C(=O)N1CCCC1C(=O)NC(CCCN=C(N)N)C(=O)O. The molecule has 0 aromatic rings. The number of likely N-dealkylation sites (tertiary alicyclic amines) is 1. The van der Waals surface area contributed by atoms with E-state index in [1.165, 1.54) is 9.80 Å². The molecule has 0 aromatic heterocycles. The number of unbranched alkanes of at least 4 members (excludes halogenated alkanes) is 1. The molecule has 0 saturated carbocycles. The van der Waals surface area contributed by atoms with Crippen LogP contribution in [0.5, 0.6) is 0 Å². The van der Waals surface area contributed by atoms with E-state index in [1.54, 1.807) is 6.92 Å². The molecule has 0 aromatic carbocycles. The number of carbonyl (C=O) groups is 4.